The number of rotatable bonds is 9. The maximum absolute atomic E-state index is 12.3. The lowest BCUT2D eigenvalue weighted by Gasteiger charge is -2.14. The molecular formula is C18H16Cl2F2N2O6S. The number of amides is 1. The number of hydrogen-bond donors (Lipinski definition) is 2. The van der Waals surface area contributed by atoms with Crippen molar-refractivity contribution in [2.75, 3.05) is 11.9 Å². The van der Waals surface area contributed by atoms with Gasteiger partial charge in [-0.1, -0.05) is 23.2 Å². The molecule has 0 aliphatic rings. The summed E-state index contributed by atoms with van der Waals surface area (Å²) < 4.78 is 60.0. The van der Waals surface area contributed by atoms with Crippen LogP contribution in [0, 0.1) is 0 Å². The SMILES string of the molecule is C[C@H](NS(=O)(=O)c1ccc(Cl)cc1)C(=O)OCC(=O)Nc1ccc(OC(F)F)c(Cl)c1. The molecule has 1 amide bonds. The fraction of sp³-hybridized carbons (Fsp3) is 0.222. The van der Waals surface area contributed by atoms with Gasteiger partial charge in [0.2, 0.25) is 10.0 Å². The standard InChI is InChI=1S/C18H16Cl2F2N2O6S/c1-10(24-31(27,28)13-5-2-11(19)3-6-13)17(26)29-9-16(25)23-12-4-7-15(14(20)8-12)30-18(21)22/h2-8,10,18,24H,9H2,1H3,(H,23,25)/t10-/m0/s1. The third-order valence-electron chi connectivity index (χ3n) is 3.59. The lowest BCUT2D eigenvalue weighted by atomic mass is 10.3. The number of alkyl halides is 2. The number of nitrogens with one attached hydrogen (secondary N) is 2. The summed E-state index contributed by atoms with van der Waals surface area (Å²) in [6, 6.07) is 7.55. The van der Waals surface area contributed by atoms with E-state index in [1.165, 1.54) is 43.3 Å². The third-order valence-corrected chi connectivity index (χ3v) is 5.69. The lowest BCUT2D eigenvalue weighted by Crippen LogP contribution is -2.40. The van der Waals surface area contributed by atoms with Gasteiger partial charge in [0.1, 0.15) is 11.8 Å². The van der Waals surface area contributed by atoms with Gasteiger partial charge in [0.25, 0.3) is 5.91 Å². The van der Waals surface area contributed by atoms with E-state index in [2.05, 4.69) is 14.8 Å². The molecule has 31 heavy (non-hydrogen) atoms. The predicted molar refractivity (Wildman–Crippen MR) is 109 cm³/mol. The molecule has 0 saturated carbocycles. The van der Waals surface area contributed by atoms with E-state index in [-0.39, 0.29) is 21.4 Å². The highest BCUT2D eigenvalue weighted by Gasteiger charge is 2.23. The Morgan fingerprint density at radius 3 is 2.32 bits per heavy atom. The van der Waals surface area contributed by atoms with Gasteiger partial charge in [-0.2, -0.15) is 13.5 Å². The van der Waals surface area contributed by atoms with Gasteiger partial charge < -0.3 is 14.8 Å². The van der Waals surface area contributed by atoms with Crippen molar-refractivity contribution in [3.8, 4) is 5.75 Å². The molecule has 168 valence electrons. The van der Waals surface area contributed by atoms with Gasteiger partial charge in [0, 0.05) is 10.7 Å². The molecule has 0 radical (unpaired) electrons. The Kier molecular flexibility index (Phi) is 8.57. The van der Waals surface area contributed by atoms with Crippen LogP contribution >= 0.6 is 23.2 Å². The van der Waals surface area contributed by atoms with Crippen LogP contribution < -0.4 is 14.8 Å². The Bertz CT molecular complexity index is 1050. The number of carbonyl (C=O) groups excluding carboxylic acids is 2. The Balaban J connectivity index is 1.88. The minimum absolute atomic E-state index is 0.106. The molecule has 0 aliphatic heterocycles. The summed E-state index contributed by atoms with van der Waals surface area (Å²) in [6.07, 6.45) is 0. The maximum atomic E-state index is 12.3. The zero-order chi connectivity index (χ0) is 23.2. The highest BCUT2D eigenvalue weighted by molar-refractivity contribution is 7.89. The molecule has 0 aromatic heterocycles. The van der Waals surface area contributed by atoms with Crippen molar-refractivity contribution < 1.29 is 36.3 Å². The maximum Gasteiger partial charge on any atom is 0.387 e. The summed E-state index contributed by atoms with van der Waals surface area (Å²) in [4.78, 5) is 23.8. The number of carbonyl (C=O) groups is 2. The number of sulfonamides is 1. The van der Waals surface area contributed by atoms with Crippen molar-refractivity contribution in [1.29, 1.82) is 0 Å². The summed E-state index contributed by atoms with van der Waals surface area (Å²) in [5.74, 6) is -2.03. The summed E-state index contributed by atoms with van der Waals surface area (Å²) in [7, 11) is -4.02. The highest BCUT2D eigenvalue weighted by atomic mass is 35.5. The highest BCUT2D eigenvalue weighted by Crippen LogP contribution is 2.28. The molecule has 0 heterocycles. The zero-order valence-electron chi connectivity index (χ0n) is 15.8. The van der Waals surface area contributed by atoms with Crippen LogP contribution in [0.25, 0.3) is 0 Å². The number of anilines is 1. The van der Waals surface area contributed by atoms with Gasteiger partial charge >= 0.3 is 12.6 Å². The fourth-order valence-electron chi connectivity index (χ4n) is 2.19. The van der Waals surface area contributed by atoms with Crippen LogP contribution in [0.5, 0.6) is 5.75 Å². The average molecular weight is 497 g/mol. The minimum Gasteiger partial charge on any atom is -0.454 e. The number of ether oxygens (including phenoxy) is 2. The molecule has 0 aliphatic carbocycles. The third kappa shape index (κ3) is 7.62. The van der Waals surface area contributed by atoms with Gasteiger partial charge in [-0.05, 0) is 49.4 Å². The van der Waals surface area contributed by atoms with Gasteiger partial charge in [-0.3, -0.25) is 9.59 Å². The van der Waals surface area contributed by atoms with Gasteiger partial charge in [0.15, 0.2) is 6.61 Å². The van der Waals surface area contributed by atoms with E-state index in [0.29, 0.717) is 5.02 Å². The van der Waals surface area contributed by atoms with E-state index in [1.54, 1.807) is 0 Å². The molecule has 2 aromatic carbocycles. The first-order valence-corrected chi connectivity index (χ1v) is 10.7. The fourth-order valence-corrected chi connectivity index (χ4v) is 3.73. The van der Waals surface area contributed by atoms with E-state index in [9.17, 15) is 26.8 Å². The van der Waals surface area contributed by atoms with E-state index in [0.717, 1.165) is 6.07 Å². The van der Waals surface area contributed by atoms with E-state index in [4.69, 9.17) is 27.9 Å². The molecule has 13 heteroatoms. The Morgan fingerprint density at radius 1 is 1.10 bits per heavy atom. The van der Waals surface area contributed by atoms with E-state index >= 15 is 0 Å². The molecular weight excluding hydrogens is 481 g/mol. The van der Waals surface area contributed by atoms with Crippen LogP contribution in [0.15, 0.2) is 47.4 Å². The topological polar surface area (TPSA) is 111 Å². The van der Waals surface area contributed by atoms with E-state index in [1.807, 2.05) is 0 Å². The molecule has 2 rings (SSSR count). The molecule has 0 unspecified atom stereocenters. The molecule has 0 fully saturated rings. The first-order valence-electron chi connectivity index (χ1n) is 8.46. The van der Waals surface area contributed by atoms with Crippen molar-refractivity contribution in [3.63, 3.8) is 0 Å². The molecule has 8 nitrogen and oxygen atoms in total. The average Bonchev–Trinajstić information content (AvgIpc) is 2.68. The second-order valence-corrected chi connectivity index (χ2v) is 8.53. The number of esters is 1. The monoisotopic (exact) mass is 496 g/mol. The van der Waals surface area contributed by atoms with Crippen LogP contribution in [0.3, 0.4) is 0 Å². The summed E-state index contributed by atoms with van der Waals surface area (Å²) in [5, 5.41) is 2.52. The smallest absolute Gasteiger partial charge is 0.387 e. The van der Waals surface area contributed by atoms with Gasteiger partial charge in [-0.15, -0.1) is 0 Å². The number of benzene rings is 2. The summed E-state index contributed by atoms with van der Waals surface area (Å²) >= 11 is 11.5. The number of halogens is 4. The van der Waals surface area contributed by atoms with Gasteiger partial charge in [-0.25, -0.2) is 8.42 Å². The quantitative estimate of drug-likeness (QED) is 0.514. The van der Waals surface area contributed by atoms with Crippen molar-refractivity contribution in [2.24, 2.45) is 0 Å². The number of hydrogen-bond acceptors (Lipinski definition) is 6. The largest absolute Gasteiger partial charge is 0.454 e. The first kappa shape index (κ1) is 24.8. The zero-order valence-corrected chi connectivity index (χ0v) is 18.1. The van der Waals surface area contributed by atoms with Crippen molar-refractivity contribution >= 4 is 50.8 Å². The Labute approximate surface area is 186 Å². The normalized spacial score (nSPS) is 12.3. The molecule has 0 spiro atoms. The van der Waals surface area contributed by atoms with Crippen molar-refractivity contribution in [1.82, 2.24) is 4.72 Å². The van der Waals surface area contributed by atoms with Crippen LogP contribution in [-0.2, 0) is 24.3 Å². The van der Waals surface area contributed by atoms with Crippen molar-refractivity contribution in [3.05, 3.63) is 52.5 Å². The molecule has 0 bridgehead atoms. The Hall–Kier alpha value is -2.47. The van der Waals surface area contributed by atoms with Gasteiger partial charge in [0.05, 0.1) is 9.92 Å². The molecule has 2 N–H and O–H groups in total. The van der Waals surface area contributed by atoms with Crippen molar-refractivity contribution in [2.45, 2.75) is 24.5 Å². The first-order chi connectivity index (χ1) is 14.5. The van der Waals surface area contributed by atoms with Crippen LogP contribution in [0.2, 0.25) is 10.0 Å². The van der Waals surface area contributed by atoms with Crippen LogP contribution in [0.4, 0.5) is 14.5 Å². The summed E-state index contributed by atoms with van der Waals surface area (Å²) in [5.41, 5.74) is 0.143. The summed E-state index contributed by atoms with van der Waals surface area (Å²) in [6.45, 7) is -2.54. The van der Waals surface area contributed by atoms with Crippen LogP contribution in [0.1, 0.15) is 6.92 Å². The molecule has 2 aromatic rings. The van der Waals surface area contributed by atoms with Crippen LogP contribution in [-0.4, -0.2) is 39.6 Å². The second-order valence-electron chi connectivity index (χ2n) is 5.98. The molecule has 0 saturated heterocycles. The predicted octanol–water partition coefficient (Wildman–Crippen LogP) is 3.44. The van der Waals surface area contributed by atoms with E-state index < -0.39 is 41.2 Å². The lowest BCUT2D eigenvalue weighted by molar-refractivity contribution is -0.148. The molecule has 1 atom stereocenters. The Morgan fingerprint density at radius 2 is 1.74 bits per heavy atom. The second kappa shape index (κ2) is 10.7. The minimum atomic E-state index is -4.02.